The second-order valence-electron chi connectivity index (χ2n) is 6.00. The Morgan fingerprint density at radius 3 is 2.56 bits per heavy atom. The minimum atomic E-state index is 0.156. The van der Waals surface area contributed by atoms with E-state index in [1.165, 1.54) is 0 Å². The SMILES string of the molecule is CC1NCCC1C(=O)NCC(C)(C)C(C)C. The smallest absolute Gasteiger partial charge is 0.224 e. The molecule has 0 bridgehead atoms. The third-order valence-electron chi connectivity index (χ3n) is 4.14. The fourth-order valence-corrected chi connectivity index (χ4v) is 1.87. The Hall–Kier alpha value is -0.570. The van der Waals surface area contributed by atoms with Gasteiger partial charge in [-0.05, 0) is 31.2 Å². The molecule has 2 N–H and O–H groups in total. The van der Waals surface area contributed by atoms with E-state index in [0.717, 1.165) is 19.5 Å². The molecule has 1 fully saturated rings. The van der Waals surface area contributed by atoms with Crippen molar-refractivity contribution < 1.29 is 4.79 Å². The molecule has 3 heteroatoms. The van der Waals surface area contributed by atoms with Crippen molar-refractivity contribution in [3.05, 3.63) is 0 Å². The van der Waals surface area contributed by atoms with Gasteiger partial charge in [0.2, 0.25) is 5.91 Å². The van der Waals surface area contributed by atoms with E-state index in [4.69, 9.17) is 0 Å². The van der Waals surface area contributed by atoms with Crippen molar-refractivity contribution >= 4 is 5.91 Å². The van der Waals surface area contributed by atoms with Crippen LogP contribution in [0, 0.1) is 17.3 Å². The van der Waals surface area contributed by atoms with Gasteiger partial charge in [-0.1, -0.05) is 27.7 Å². The van der Waals surface area contributed by atoms with Crippen molar-refractivity contribution in [2.45, 2.75) is 47.1 Å². The Morgan fingerprint density at radius 1 is 1.50 bits per heavy atom. The van der Waals surface area contributed by atoms with E-state index in [0.29, 0.717) is 12.0 Å². The maximum atomic E-state index is 12.0. The standard InChI is InChI=1S/C13H26N2O/c1-9(2)13(4,5)8-15-12(16)11-6-7-14-10(11)3/h9-11,14H,6-8H2,1-5H3,(H,15,16). The van der Waals surface area contributed by atoms with Gasteiger partial charge in [0.25, 0.3) is 0 Å². The van der Waals surface area contributed by atoms with Crippen LogP contribution < -0.4 is 10.6 Å². The Morgan fingerprint density at radius 2 is 2.12 bits per heavy atom. The van der Waals surface area contributed by atoms with Crippen LogP contribution in [0.5, 0.6) is 0 Å². The van der Waals surface area contributed by atoms with Crippen LogP contribution in [0.4, 0.5) is 0 Å². The molecule has 16 heavy (non-hydrogen) atoms. The molecule has 2 atom stereocenters. The Bertz CT molecular complexity index is 248. The summed E-state index contributed by atoms with van der Waals surface area (Å²) in [5, 5.41) is 6.41. The highest BCUT2D eigenvalue weighted by Crippen LogP contribution is 2.25. The Labute approximate surface area is 99.4 Å². The van der Waals surface area contributed by atoms with Gasteiger partial charge in [0, 0.05) is 12.6 Å². The van der Waals surface area contributed by atoms with Gasteiger partial charge in [-0.15, -0.1) is 0 Å². The highest BCUT2D eigenvalue weighted by Gasteiger charge is 2.31. The average molecular weight is 226 g/mol. The van der Waals surface area contributed by atoms with Gasteiger partial charge in [0.1, 0.15) is 0 Å². The minimum Gasteiger partial charge on any atom is -0.355 e. The molecule has 1 aliphatic heterocycles. The molecule has 1 saturated heterocycles. The molecule has 1 aliphatic rings. The topological polar surface area (TPSA) is 41.1 Å². The van der Waals surface area contributed by atoms with Crippen molar-refractivity contribution in [1.82, 2.24) is 10.6 Å². The third kappa shape index (κ3) is 3.21. The lowest BCUT2D eigenvalue weighted by Crippen LogP contribution is -2.42. The summed E-state index contributed by atoms with van der Waals surface area (Å²) in [6.07, 6.45) is 0.967. The van der Waals surface area contributed by atoms with E-state index in [9.17, 15) is 4.79 Å². The summed E-state index contributed by atoms with van der Waals surface area (Å²) in [6, 6.07) is 0.321. The van der Waals surface area contributed by atoms with Crippen LogP contribution in [-0.2, 0) is 4.79 Å². The highest BCUT2D eigenvalue weighted by molar-refractivity contribution is 5.79. The number of carbonyl (C=O) groups excluding carboxylic acids is 1. The van der Waals surface area contributed by atoms with Crippen LogP contribution in [0.1, 0.15) is 41.0 Å². The number of nitrogens with one attached hydrogen (secondary N) is 2. The summed E-state index contributed by atoms with van der Waals surface area (Å²) in [6.45, 7) is 12.6. The van der Waals surface area contributed by atoms with Gasteiger partial charge in [-0.2, -0.15) is 0 Å². The molecular formula is C13H26N2O. The molecule has 0 saturated carbocycles. The molecule has 1 amide bonds. The number of carbonyl (C=O) groups is 1. The van der Waals surface area contributed by atoms with E-state index < -0.39 is 0 Å². The predicted molar refractivity (Wildman–Crippen MR) is 67.2 cm³/mol. The average Bonchev–Trinajstić information content (AvgIpc) is 2.61. The van der Waals surface area contributed by atoms with E-state index in [2.05, 4.69) is 45.3 Å². The third-order valence-corrected chi connectivity index (χ3v) is 4.14. The van der Waals surface area contributed by atoms with Gasteiger partial charge < -0.3 is 10.6 Å². The molecule has 1 heterocycles. The lowest BCUT2D eigenvalue weighted by atomic mass is 9.81. The lowest BCUT2D eigenvalue weighted by molar-refractivity contribution is -0.125. The zero-order chi connectivity index (χ0) is 12.3. The first kappa shape index (κ1) is 13.5. The van der Waals surface area contributed by atoms with Crippen LogP contribution in [-0.4, -0.2) is 25.0 Å². The molecule has 0 aromatic carbocycles. The number of amides is 1. The number of hydrogen-bond acceptors (Lipinski definition) is 2. The predicted octanol–water partition coefficient (Wildman–Crippen LogP) is 1.78. The van der Waals surface area contributed by atoms with Crippen molar-refractivity contribution in [3.8, 4) is 0 Å². The molecule has 0 radical (unpaired) electrons. The van der Waals surface area contributed by atoms with Crippen molar-refractivity contribution in [2.24, 2.45) is 17.3 Å². The summed E-state index contributed by atoms with van der Waals surface area (Å²) >= 11 is 0. The van der Waals surface area contributed by atoms with E-state index in [-0.39, 0.29) is 17.2 Å². The van der Waals surface area contributed by atoms with E-state index >= 15 is 0 Å². The largest absolute Gasteiger partial charge is 0.355 e. The van der Waals surface area contributed by atoms with E-state index in [1.54, 1.807) is 0 Å². The molecule has 0 aromatic rings. The summed E-state index contributed by atoms with van der Waals surface area (Å²) in [7, 11) is 0. The Kier molecular flexibility index (Phi) is 4.36. The molecular weight excluding hydrogens is 200 g/mol. The van der Waals surface area contributed by atoms with Crippen LogP contribution in [0.3, 0.4) is 0 Å². The molecule has 0 aromatic heterocycles. The summed E-state index contributed by atoms with van der Waals surface area (Å²) < 4.78 is 0. The first-order valence-corrected chi connectivity index (χ1v) is 6.35. The van der Waals surface area contributed by atoms with Gasteiger partial charge in [0.05, 0.1) is 5.92 Å². The van der Waals surface area contributed by atoms with Crippen LogP contribution in [0.2, 0.25) is 0 Å². The van der Waals surface area contributed by atoms with Crippen molar-refractivity contribution in [1.29, 1.82) is 0 Å². The van der Waals surface area contributed by atoms with Crippen molar-refractivity contribution in [2.75, 3.05) is 13.1 Å². The van der Waals surface area contributed by atoms with Crippen LogP contribution in [0.25, 0.3) is 0 Å². The molecule has 94 valence electrons. The van der Waals surface area contributed by atoms with Crippen molar-refractivity contribution in [3.63, 3.8) is 0 Å². The van der Waals surface area contributed by atoms with Gasteiger partial charge in [0.15, 0.2) is 0 Å². The number of hydrogen-bond donors (Lipinski definition) is 2. The maximum absolute atomic E-state index is 12.0. The second kappa shape index (κ2) is 5.17. The minimum absolute atomic E-state index is 0.156. The fraction of sp³-hybridized carbons (Fsp3) is 0.923. The molecule has 1 rings (SSSR count). The lowest BCUT2D eigenvalue weighted by Gasteiger charge is -2.30. The highest BCUT2D eigenvalue weighted by atomic mass is 16.1. The molecule has 3 nitrogen and oxygen atoms in total. The van der Waals surface area contributed by atoms with Gasteiger partial charge >= 0.3 is 0 Å². The zero-order valence-corrected chi connectivity index (χ0v) is 11.3. The maximum Gasteiger partial charge on any atom is 0.224 e. The normalized spacial score (nSPS) is 26.1. The van der Waals surface area contributed by atoms with Crippen LogP contribution in [0.15, 0.2) is 0 Å². The van der Waals surface area contributed by atoms with Crippen LogP contribution >= 0.6 is 0 Å². The number of rotatable bonds is 4. The van der Waals surface area contributed by atoms with Gasteiger partial charge in [-0.3, -0.25) is 4.79 Å². The summed E-state index contributed by atoms with van der Waals surface area (Å²) in [5.41, 5.74) is 0.172. The summed E-state index contributed by atoms with van der Waals surface area (Å²) in [5.74, 6) is 0.945. The van der Waals surface area contributed by atoms with E-state index in [1.807, 2.05) is 0 Å². The summed E-state index contributed by atoms with van der Waals surface area (Å²) in [4.78, 5) is 12.0. The Balaban J connectivity index is 2.41. The second-order valence-corrected chi connectivity index (χ2v) is 6.00. The monoisotopic (exact) mass is 226 g/mol. The zero-order valence-electron chi connectivity index (χ0n) is 11.3. The molecule has 2 unspecified atom stereocenters. The fourth-order valence-electron chi connectivity index (χ4n) is 1.87. The van der Waals surface area contributed by atoms with Gasteiger partial charge in [-0.25, -0.2) is 0 Å². The first-order valence-electron chi connectivity index (χ1n) is 6.35. The quantitative estimate of drug-likeness (QED) is 0.767. The molecule has 0 spiro atoms. The first-order chi connectivity index (χ1) is 7.34. The molecule has 0 aliphatic carbocycles.